The van der Waals surface area contributed by atoms with E-state index in [1.807, 2.05) is 19.6 Å². The van der Waals surface area contributed by atoms with Crippen molar-refractivity contribution in [1.82, 2.24) is 0 Å². The summed E-state index contributed by atoms with van der Waals surface area (Å²) in [6, 6.07) is 0. The van der Waals surface area contributed by atoms with Gasteiger partial charge in [-0.25, -0.2) is 9.59 Å². The zero-order valence-electron chi connectivity index (χ0n) is 9.83. The number of ether oxygens (including phenoxy) is 2. The SMILES string of the molecule is CCOC(C(=O)OC)C(=O)O[Si](C)(C)C. The monoisotopic (exact) mass is 234 g/mol. The van der Waals surface area contributed by atoms with E-state index in [0.717, 1.165) is 0 Å². The Labute approximate surface area is 90.8 Å². The third kappa shape index (κ3) is 5.53. The fraction of sp³-hybridized carbons (Fsp3) is 0.778. The Balaban J connectivity index is 4.49. The third-order valence-electron chi connectivity index (χ3n) is 1.37. The molecular formula is C9H18O5Si. The molecular weight excluding hydrogens is 216 g/mol. The maximum absolute atomic E-state index is 11.5. The van der Waals surface area contributed by atoms with E-state index in [0.29, 0.717) is 0 Å². The number of rotatable bonds is 5. The van der Waals surface area contributed by atoms with E-state index in [1.165, 1.54) is 7.11 Å². The fourth-order valence-electron chi connectivity index (χ4n) is 0.861. The first-order valence-electron chi connectivity index (χ1n) is 4.74. The minimum atomic E-state index is -2.01. The first kappa shape index (κ1) is 14.1. The minimum absolute atomic E-state index is 0.251. The molecule has 0 fully saturated rings. The first-order chi connectivity index (χ1) is 6.81. The first-order valence-corrected chi connectivity index (χ1v) is 8.15. The van der Waals surface area contributed by atoms with Gasteiger partial charge in [-0.15, -0.1) is 0 Å². The predicted octanol–water partition coefficient (Wildman–Crippen LogP) is 0.943. The second-order valence-corrected chi connectivity index (χ2v) is 8.32. The summed E-state index contributed by atoms with van der Waals surface area (Å²) in [5, 5.41) is 0. The maximum atomic E-state index is 11.5. The maximum Gasteiger partial charge on any atom is 0.346 e. The van der Waals surface area contributed by atoms with Gasteiger partial charge in [0.15, 0.2) is 0 Å². The second kappa shape index (κ2) is 5.87. The smallest absolute Gasteiger partial charge is 0.346 e. The van der Waals surface area contributed by atoms with Gasteiger partial charge in [-0.05, 0) is 26.6 Å². The van der Waals surface area contributed by atoms with E-state index in [2.05, 4.69) is 4.74 Å². The summed E-state index contributed by atoms with van der Waals surface area (Å²) >= 11 is 0. The van der Waals surface area contributed by atoms with Gasteiger partial charge in [0.05, 0.1) is 7.11 Å². The Hall–Kier alpha value is -0.883. The summed E-state index contributed by atoms with van der Waals surface area (Å²) in [6.07, 6.45) is -1.26. The highest BCUT2D eigenvalue weighted by atomic mass is 28.4. The molecule has 0 saturated carbocycles. The van der Waals surface area contributed by atoms with Crippen molar-refractivity contribution in [2.24, 2.45) is 0 Å². The highest BCUT2D eigenvalue weighted by Gasteiger charge is 2.33. The molecule has 0 aromatic carbocycles. The lowest BCUT2D eigenvalue weighted by molar-refractivity contribution is -0.166. The molecule has 1 unspecified atom stereocenters. The predicted molar refractivity (Wildman–Crippen MR) is 56.9 cm³/mol. The Bertz CT molecular complexity index is 233. The van der Waals surface area contributed by atoms with Crippen molar-refractivity contribution >= 4 is 20.3 Å². The molecule has 0 aliphatic rings. The van der Waals surface area contributed by atoms with E-state index in [-0.39, 0.29) is 6.61 Å². The molecule has 0 N–H and O–H groups in total. The topological polar surface area (TPSA) is 61.8 Å². The lowest BCUT2D eigenvalue weighted by atomic mass is 10.4. The zero-order chi connectivity index (χ0) is 12.1. The van der Waals surface area contributed by atoms with Crippen molar-refractivity contribution in [3.63, 3.8) is 0 Å². The molecule has 88 valence electrons. The van der Waals surface area contributed by atoms with Gasteiger partial charge in [-0.1, -0.05) is 0 Å². The highest BCUT2D eigenvalue weighted by molar-refractivity contribution is 6.71. The Morgan fingerprint density at radius 2 is 1.73 bits per heavy atom. The fourth-order valence-corrected chi connectivity index (χ4v) is 1.57. The van der Waals surface area contributed by atoms with Crippen LogP contribution in [0, 0.1) is 0 Å². The summed E-state index contributed by atoms with van der Waals surface area (Å²) in [4.78, 5) is 22.7. The summed E-state index contributed by atoms with van der Waals surface area (Å²) < 4.78 is 14.6. The van der Waals surface area contributed by atoms with Crippen LogP contribution in [-0.2, 0) is 23.5 Å². The molecule has 0 heterocycles. The van der Waals surface area contributed by atoms with Crippen molar-refractivity contribution in [2.75, 3.05) is 13.7 Å². The molecule has 0 aliphatic heterocycles. The van der Waals surface area contributed by atoms with Gasteiger partial charge in [0.25, 0.3) is 6.10 Å². The molecule has 0 bridgehead atoms. The molecule has 0 rings (SSSR count). The van der Waals surface area contributed by atoms with Crippen LogP contribution in [0.1, 0.15) is 6.92 Å². The van der Waals surface area contributed by atoms with Crippen molar-refractivity contribution in [2.45, 2.75) is 32.7 Å². The van der Waals surface area contributed by atoms with Crippen LogP contribution in [0.3, 0.4) is 0 Å². The largest absolute Gasteiger partial charge is 0.518 e. The lowest BCUT2D eigenvalue weighted by Crippen LogP contribution is -2.41. The van der Waals surface area contributed by atoms with Crippen molar-refractivity contribution in [1.29, 1.82) is 0 Å². The molecule has 0 amide bonds. The Morgan fingerprint density at radius 3 is 2.07 bits per heavy atom. The molecule has 0 aliphatic carbocycles. The molecule has 0 aromatic rings. The van der Waals surface area contributed by atoms with Gasteiger partial charge in [0, 0.05) is 6.61 Å². The van der Waals surface area contributed by atoms with Gasteiger partial charge >= 0.3 is 11.9 Å². The van der Waals surface area contributed by atoms with E-state index >= 15 is 0 Å². The van der Waals surface area contributed by atoms with Gasteiger partial charge in [-0.2, -0.15) is 0 Å². The van der Waals surface area contributed by atoms with Crippen molar-refractivity contribution in [3.05, 3.63) is 0 Å². The highest BCUT2D eigenvalue weighted by Crippen LogP contribution is 2.07. The van der Waals surface area contributed by atoms with Crippen LogP contribution in [0.25, 0.3) is 0 Å². The molecule has 0 spiro atoms. The molecule has 0 radical (unpaired) electrons. The summed E-state index contributed by atoms with van der Waals surface area (Å²) in [5.74, 6) is -1.39. The van der Waals surface area contributed by atoms with E-state index in [1.54, 1.807) is 6.92 Å². The Morgan fingerprint density at radius 1 is 1.20 bits per heavy atom. The van der Waals surface area contributed by atoms with E-state index in [4.69, 9.17) is 9.16 Å². The number of hydrogen-bond acceptors (Lipinski definition) is 5. The molecule has 0 aromatic heterocycles. The van der Waals surface area contributed by atoms with E-state index < -0.39 is 26.4 Å². The average Bonchev–Trinajstić information content (AvgIpc) is 2.10. The van der Waals surface area contributed by atoms with Crippen molar-refractivity contribution < 1.29 is 23.5 Å². The van der Waals surface area contributed by atoms with Crippen LogP contribution in [0.4, 0.5) is 0 Å². The standard InChI is InChI=1S/C9H18O5Si/c1-6-13-7(8(10)12-2)9(11)14-15(3,4)5/h7H,6H2,1-5H3. The molecule has 0 saturated heterocycles. The normalized spacial score (nSPS) is 13.1. The molecule has 15 heavy (non-hydrogen) atoms. The zero-order valence-corrected chi connectivity index (χ0v) is 10.8. The number of esters is 1. The third-order valence-corrected chi connectivity index (χ3v) is 2.18. The van der Waals surface area contributed by atoms with Crippen LogP contribution < -0.4 is 0 Å². The van der Waals surface area contributed by atoms with Crippen LogP contribution in [0.2, 0.25) is 19.6 Å². The quantitative estimate of drug-likeness (QED) is 0.402. The van der Waals surface area contributed by atoms with Crippen molar-refractivity contribution in [3.8, 4) is 0 Å². The van der Waals surface area contributed by atoms with Gasteiger partial charge in [0.1, 0.15) is 0 Å². The number of carbonyl (C=O) groups excluding carboxylic acids is 2. The summed E-state index contributed by atoms with van der Waals surface area (Å²) in [7, 11) is -0.804. The minimum Gasteiger partial charge on any atom is -0.518 e. The molecule has 1 atom stereocenters. The summed E-state index contributed by atoms with van der Waals surface area (Å²) in [5.41, 5.74) is 0. The number of hydrogen-bond donors (Lipinski definition) is 0. The number of methoxy groups -OCH3 is 1. The average molecular weight is 234 g/mol. The molecule has 6 heteroatoms. The van der Waals surface area contributed by atoms with Gasteiger partial charge in [-0.3, -0.25) is 0 Å². The van der Waals surface area contributed by atoms with Crippen LogP contribution in [-0.4, -0.2) is 40.1 Å². The van der Waals surface area contributed by atoms with Crippen LogP contribution in [0.15, 0.2) is 0 Å². The van der Waals surface area contributed by atoms with Gasteiger partial charge < -0.3 is 13.9 Å². The van der Waals surface area contributed by atoms with E-state index in [9.17, 15) is 9.59 Å². The number of carbonyl (C=O) groups is 2. The summed E-state index contributed by atoms with van der Waals surface area (Å²) in [6.45, 7) is 7.50. The lowest BCUT2D eigenvalue weighted by Gasteiger charge is -2.21. The Kier molecular flexibility index (Phi) is 5.52. The van der Waals surface area contributed by atoms with Crippen LogP contribution >= 0.6 is 0 Å². The second-order valence-electron chi connectivity index (χ2n) is 3.89. The van der Waals surface area contributed by atoms with Gasteiger partial charge in [0.2, 0.25) is 8.32 Å². The van der Waals surface area contributed by atoms with Crippen LogP contribution in [0.5, 0.6) is 0 Å². The molecule has 5 nitrogen and oxygen atoms in total.